The molecule has 1 aromatic heterocycles. The molecule has 0 aliphatic carbocycles. The van der Waals surface area contributed by atoms with Gasteiger partial charge in [-0.25, -0.2) is 4.68 Å². The van der Waals surface area contributed by atoms with E-state index in [9.17, 15) is 4.79 Å². The first-order valence-corrected chi connectivity index (χ1v) is 6.75. The fraction of sp³-hybridized carbons (Fsp3) is 0.286. The van der Waals surface area contributed by atoms with Crippen LogP contribution < -0.4 is 5.32 Å². The van der Waals surface area contributed by atoms with E-state index in [-0.39, 0.29) is 18.6 Å². The number of hydrogen-bond donors (Lipinski definition) is 2. The zero-order valence-electron chi connectivity index (χ0n) is 11.1. The van der Waals surface area contributed by atoms with Crippen LogP contribution in [0.25, 0.3) is 5.69 Å². The molecule has 0 radical (unpaired) electrons. The normalized spacial score (nSPS) is 12.2. The molecule has 0 spiro atoms. The molecule has 1 unspecified atom stereocenters. The van der Waals surface area contributed by atoms with Gasteiger partial charge in [0, 0.05) is 11.2 Å². The highest BCUT2D eigenvalue weighted by Crippen LogP contribution is 2.14. The second kappa shape index (κ2) is 6.54. The lowest BCUT2D eigenvalue weighted by Gasteiger charge is -2.12. The van der Waals surface area contributed by atoms with E-state index in [2.05, 4.69) is 10.4 Å². The van der Waals surface area contributed by atoms with E-state index < -0.39 is 0 Å². The number of amides is 1. The van der Waals surface area contributed by atoms with Crippen molar-refractivity contribution in [1.82, 2.24) is 15.1 Å². The molecule has 1 aromatic carbocycles. The lowest BCUT2D eigenvalue weighted by atomic mass is 10.2. The Morgan fingerprint density at radius 2 is 2.30 bits per heavy atom. The highest BCUT2D eigenvalue weighted by molar-refractivity contribution is 6.30. The maximum absolute atomic E-state index is 12.0. The van der Waals surface area contributed by atoms with E-state index in [0.29, 0.717) is 17.1 Å². The van der Waals surface area contributed by atoms with E-state index in [0.717, 1.165) is 5.69 Å². The minimum Gasteiger partial charge on any atom is -0.394 e. The Morgan fingerprint density at radius 1 is 1.50 bits per heavy atom. The minimum atomic E-state index is -0.299. The van der Waals surface area contributed by atoms with Crippen molar-refractivity contribution in [3.8, 4) is 5.69 Å². The van der Waals surface area contributed by atoms with Crippen LogP contribution >= 0.6 is 11.6 Å². The van der Waals surface area contributed by atoms with E-state index in [4.69, 9.17) is 16.7 Å². The zero-order chi connectivity index (χ0) is 14.5. The van der Waals surface area contributed by atoms with Crippen LogP contribution in [-0.4, -0.2) is 33.4 Å². The summed E-state index contributed by atoms with van der Waals surface area (Å²) >= 11 is 5.92. The molecule has 0 aliphatic rings. The molecule has 6 heteroatoms. The fourth-order valence-corrected chi connectivity index (χ4v) is 1.93. The van der Waals surface area contributed by atoms with Crippen LogP contribution in [0.1, 0.15) is 23.8 Å². The third-order valence-electron chi connectivity index (χ3n) is 2.94. The molecule has 0 saturated carbocycles. The van der Waals surface area contributed by atoms with Crippen molar-refractivity contribution in [1.29, 1.82) is 0 Å². The first-order chi connectivity index (χ1) is 9.63. The first-order valence-electron chi connectivity index (χ1n) is 6.37. The van der Waals surface area contributed by atoms with Gasteiger partial charge in [0.15, 0.2) is 5.69 Å². The molecule has 1 atom stereocenters. The zero-order valence-corrected chi connectivity index (χ0v) is 11.8. The van der Waals surface area contributed by atoms with Crippen LogP contribution in [0.15, 0.2) is 36.5 Å². The Bertz CT molecular complexity index is 594. The van der Waals surface area contributed by atoms with Gasteiger partial charge < -0.3 is 10.4 Å². The van der Waals surface area contributed by atoms with Gasteiger partial charge in [0.05, 0.1) is 18.3 Å². The lowest BCUT2D eigenvalue weighted by Crippen LogP contribution is -2.37. The van der Waals surface area contributed by atoms with Crippen LogP contribution in [0.5, 0.6) is 0 Å². The molecule has 0 saturated heterocycles. The number of aliphatic hydroxyl groups is 1. The topological polar surface area (TPSA) is 67.2 Å². The first kappa shape index (κ1) is 14.6. The molecule has 0 bridgehead atoms. The monoisotopic (exact) mass is 293 g/mol. The van der Waals surface area contributed by atoms with Gasteiger partial charge in [-0.05, 0) is 30.7 Å². The SMILES string of the molecule is CCC(CO)NC(=O)c1ccn(-c2cccc(Cl)c2)n1. The number of rotatable bonds is 5. The largest absolute Gasteiger partial charge is 0.394 e. The summed E-state index contributed by atoms with van der Waals surface area (Å²) in [4.78, 5) is 12.0. The summed E-state index contributed by atoms with van der Waals surface area (Å²) in [6, 6.07) is 8.58. The van der Waals surface area contributed by atoms with Crippen molar-refractivity contribution < 1.29 is 9.90 Å². The standard InChI is InChI=1S/C14H16ClN3O2/c1-2-11(9-19)16-14(20)13-6-7-18(17-13)12-5-3-4-10(15)8-12/h3-8,11,19H,2,9H2,1H3,(H,16,20). The predicted molar refractivity (Wildman–Crippen MR) is 77.2 cm³/mol. The van der Waals surface area contributed by atoms with Crippen LogP contribution in [0.3, 0.4) is 0 Å². The van der Waals surface area contributed by atoms with Gasteiger partial charge in [-0.3, -0.25) is 4.79 Å². The smallest absolute Gasteiger partial charge is 0.272 e. The average Bonchev–Trinajstić information content (AvgIpc) is 2.94. The molecule has 20 heavy (non-hydrogen) atoms. The van der Waals surface area contributed by atoms with E-state index in [1.807, 2.05) is 19.1 Å². The molecule has 0 aliphatic heterocycles. The summed E-state index contributed by atoms with van der Waals surface area (Å²) in [5.41, 5.74) is 1.09. The van der Waals surface area contributed by atoms with Crippen molar-refractivity contribution >= 4 is 17.5 Å². The molecule has 2 N–H and O–H groups in total. The number of hydrogen-bond acceptors (Lipinski definition) is 3. The van der Waals surface area contributed by atoms with Crippen LogP contribution in [0, 0.1) is 0 Å². The lowest BCUT2D eigenvalue weighted by molar-refractivity contribution is 0.0909. The third-order valence-corrected chi connectivity index (χ3v) is 3.18. The molecular weight excluding hydrogens is 278 g/mol. The molecule has 1 heterocycles. The summed E-state index contributed by atoms with van der Waals surface area (Å²) in [5.74, 6) is -0.299. The molecule has 0 fully saturated rings. The van der Waals surface area contributed by atoms with Crippen LogP contribution in [0.4, 0.5) is 0 Å². The average molecular weight is 294 g/mol. The van der Waals surface area contributed by atoms with E-state index in [1.165, 1.54) is 0 Å². The van der Waals surface area contributed by atoms with Gasteiger partial charge in [-0.2, -0.15) is 5.10 Å². The maximum atomic E-state index is 12.0. The van der Waals surface area contributed by atoms with Crippen molar-refractivity contribution in [2.45, 2.75) is 19.4 Å². The van der Waals surface area contributed by atoms with E-state index >= 15 is 0 Å². The number of halogens is 1. The molecule has 106 valence electrons. The minimum absolute atomic E-state index is 0.0861. The molecule has 5 nitrogen and oxygen atoms in total. The number of carbonyl (C=O) groups is 1. The maximum Gasteiger partial charge on any atom is 0.272 e. The van der Waals surface area contributed by atoms with Gasteiger partial charge in [0.2, 0.25) is 0 Å². The molecule has 2 aromatic rings. The summed E-state index contributed by atoms with van der Waals surface area (Å²) < 4.78 is 1.58. The highest BCUT2D eigenvalue weighted by Gasteiger charge is 2.14. The van der Waals surface area contributed by atoms with E-state index in [1.54, 1.807) is 29.1 Å². The second-order valence-electron chi connectivity index (χ2n) is 4.39. The summed E-state index contributed by atoms with van der Waals surface area (Å²) in [6.07, 6.45) is 2.36. The predicted octanol–water partition coefficient (Wildman–Crippen LogP) is 2.03. The number of carbonyl (C=O) groups excluding carboxylic acids is 1. The van der Waals surface area contributed by atoms with Gasteiger partial charge in [-0.15, -0.1) is 0 Å². The summed E-state index contributed by atoms with van der Waals surface area (Å²) in [5, 5.41) is 16.6. The van der Waals surface area contributed by atoms with Crippen molar-refractivity contribution in [3.05, 3.63) is 47.2 Å². The number of nitrogens with one attached hydrogen (secondary N) is 1. The Labute approximate surface area is 122 Å². The van der Waals surface area contributed by atoms with Crippen molar-refractivity contribution in [2.75, 3.05) is 6.61 Å². The number of aliphatic hydroxyl groups excluding tert-OH is 1. The summed E-state index contributed by atoms with van der Waals surface area (Å²) in [6.45, 7) is 1.81. The van der Waals surface area contributed by atoms with Crippen molar-refractivity contribution in [2.24, 2.45) is 0 Å². The van der Waals surface area contributed by atoms with Crippen molar-refractivity contribution in [3.63, 3.8) is 0 Å². The molecule has 2 rings (SSSR count). The Balaban J connectivity index is 2.14. The van der Waals surface area contributed by atoms with Gasteiger partial charge in [-0.1, -0.05) is 24.6 Å². The number of aromatic nitrogens is 2. The van der Waals surface area contributed by atoms with Crippen LogP contribution in [0.2, 0.25) is 5.02 Å². The van der Waals surface area contributed by atoms with Gasteiger partial charge in [0.1, 0.15) is 0 Å². The van der Waals surface area contributed by atoms with Crippen LogP contribution in [-0.2, 0) is 0 Å². The fourth-order valence-electron chi connectivity index (χ4n) is 1.74. The second-order valence-corrected chi connectivity index (χ2v) is 4.82. The summed E-state index contributed by atoms with van der Waals surface area (Å²) in [7, 11) is 0. The molecular formula is C14H16ClN3O2. The Kier molecular flexibility index (Phi) is 4.76. The Hall–Kier alpha value is -1.85. The highest BCUT2D eigenvalue weighted by atomic mass is 35.5. The molecule has 1 amide bonds. The Morgan fingerprint density at radius 3 is 2.95 bits per heavy atom. The number of nitrogens with zero attached hydrogens (tertiary/aromatic N) is 2. The van der Waals surface area contributed by atoms with Gasteiger partial charge in [0.25, 0.3) is 5.91 Å². The van der Waals surface area contributed by atoms with Gasteiger partial charge >= 0.3 is 0 Å². The number of benzene rings is 1. The third kappa shape index (κ3) is 3.37. The quantitative estimate of drug-likeness (QED) is 0.886.